The predicted molar refractivity (Wildman–Crippen MR) is 69.6 cm³/mol. The molecule has 1 fully saturated rings. The van der Waals surface area contributed by atoms with Crippen LogP contribution in [0.1, 0.15) is 35.2 Å². The first kappa shape index (κ1) is 15.6. The summed E-state index contributed by atoms with van der Waals surface area (Å²) in [6.07, 6.45) is -3.36. The minimum absolute atomic E-state index is 0.153. The molecule has 0 bridgehead atoms. The monoisotopic (exact) mass is 321 g/mol. The molecule has 8 heteroatoms. The number of alkyl halides is 3. The molecule has 1 aromatic rings. The summed E-state index contributed by atoms with van der Waals surface area (Å²) >= 11 is 5.76. The van der Waals surface area contributed by atoms with E-state index >= 15 is 0 Å². The number of carboxylic acids is 1. The van der Waals surface area contributed by atoms with Gasteiger partial charge in [-0.15, -0.1) is 0 Å². The van der Waals surface area contributed by atoms with E-state index in [0.717, 1.165) is 11.0 Å². The van der Waals surface area contributed by atoms with E-state index in [2.05, 4.69) is 0 Å². The van der Waals surface area contributed by atoms with E-state index in [4.69, 9.17) is 16.7 Å². The highest BCUT2D eigenvalue weighted by molar-refractivity contribution is 6.35. The summed E-state index contributed by atoms with van der Waals surface area (Å²) in [4.78, 5) is 24.1. The van der Waals surface area contributed by atoms with E-state index in [9.17, 15) is 22.8 Å². The molecule has 0 unspecified atom stereocenters. The lowest BCUT2D eigenvalue weighted by molar-refractivity contribution is -0.137. The van der Waals surface area contributed by atoms with Crippen molar-refractivity contribution < 1.29 is 27.9 Å². The van der Waals surface area contributed by atoms with Crippen molar-refractivity contribution in [2.75, 3.05) is 11.4 Å². The minimum atomic E-state index is -4.72. The summed E-state index contributed by atoms with van der Waals surface area (Å²) in [7, 11) is 0. The largest absolute Gasteiger partial charge is 0.478 e. The standard InChI is InChI=1S/C13H11ClF3NO3/c14-10-8(13(15,16)17)5-4-7(12(20)21)11(10)18-6-2-1-3-9(18)19/h4-5H,1-3,6H2,(H,20,21). The van der Waals surface area contributed by atoms with Crippen LogP contribution in [0.5, 0.6) is 0 Å². The van der Waals surface area contributed by atoms with Gasteiger partial charge in [0.25, 0.3) is 0 Å². The number of halogens is 4. The van der Waals surface area contributed by atoms with Crippen molar-refractivity contribution in [3.8, 4) is 0 Å². The van der Waals surface area contributed by atoms with Gasteiger partial charge in [-0.2, -0.15) is 13.2 Å². The molecule has 1 saturated heterocycles. The third-order valence-corrected chi connectivity index (χ3v) is 3.63. The zero-order valence-electron chi connectivity index (χ0n) is 10.7. The summed E-state index contributed by atoms with van der Waals surface area (Å²) < 4.78 is 38.7. The molecule has 1 aliphatic heterocycles. The Morgan fingerprint density at radius 2 is 1.95 bits per heavy atom. The molecule has 1 aromatic carbocycles. The maximum Gasteiger partial charge on any atom is 0.417 e. The average molecular weight is 322 g/mol. The Labute approximate surface area is 123 Å². The number of hydrogen-bond acceptors (Lipinski definition) is 2. The lowest BCUT2D eigenvalue weighted by Crippen LogP contribution is -2.36. The van der Waals surface area contributed by atoms with Crippen molar-refractivity contribution in [1.82, 2.24) is 0 Å². The molecule has 0 aromatic heterocycles. The number of carbonyl (C=O) groups excluding carboxylic acids is 1. The van der Waals surface area contributed by atoms with Gasteiger partial charge < -0.3 is 10.0 Å². The molecule has 0 saturated carbocycles. The van der Waals surface area contributed by atoms with Gasteiger partial charge in [-0.1, -0.05) is 11.6 Å². The van der Waals surface area contributed by atoms with Crippen LogP contribution in [0.3, 0.4) is 0 Å². The highest BCUT2D eigenvalue weighted by Gasteiger charge is 2.37. The van der Waals surface area contributed by atoms with Gasteiger partial charge >= 0.3 is 12.1 Å². The van der Waals surface area contributed by atoms with Gasteiger partial charge in [-0.05, 0) is 25.0 Å². The van der Waals surface area contributed by atoms with E-state index in [1.54, 1.807) is 0 Å². The summed E-state index contributed by atoms with van der Waals surface area (Å²) in [5.74, 6) is -1.86. The second-order valence-corrected chi connectivity index (χ2v) is 5.01. The highest BCUT2D eigenvalue weighted by Crippen LogP contribution is 2.42. The SMILES string of the molecule is O=C(O)c1ccc(C(F)(F)F)c(Cl)c1N1CCCCC1=O. The molecule has 0 atom stereocenters. The Balaban J connectivity index is 2.65. The van der Waals surface area contributed by atoms with Crippen molar-refractivity contribution >= 4 is 29.2 Å². The van der Waals surface area contributed by atoms with Crippen molar-refractivity contribution in [1.29, 1.82) is 0 Å². The predicted octanol–water partition coefficient (Wildman–Crippen LogP) is 3.57. The number of piperidine rings is 1. The molecule has 2 rings (SSSR count). The fourth-order valence-electron chi connectivity index (χ4n) is 2.26. The van der Waals surface area contributed by atoms with Crippen LogP contribution in [-0.4, -0.2) is 23.5 Å². The van der Waals surface area contributed by atoms with E-state index in [1.807, 2.05) is 0 Å². The maximum absolute atomic E-state index is 12.9. The van der Waals surface area contributed by atoms with E-state index in [0.29, 0.717) is 18.9 Å². The van der Waals surface area contributed by atoms with Crippen molar-refractivity contribution in [3.05, 3.63) is 28.3 Å². The number of amides is 1. The third kappa shape index (κ3) is 2.97. The summed E-state index contributed by atoms with van der Waals surface area (Å²) in [6.45, 7) is 0.153. The first-order valence-electron chi connectivity index (χ1n) is 6.17. The molecule has 4 nitrogen and oxygen atoms in total. The van der Waals surface area contributed by atoms with Gasteiger partial charge in [0.2, 0.25) is 5.91 Å². The zero-order chi connectivity index (χ0) is 15.8. The minimum Gasteiger partial charge on any atom is -0.478 e. The van der Waals surface area contributed by atoms with Crippen molar-refractivity contribution in [2.45, 2.75) is 25.4 Å². The number of carbonyl (C=O) groups is 2. The molecule has 1 amide bonds. The Morgan fingerprint density at radius 1 is 1.29 bits per heavy atom. The lowest BCUT2D eigenvalue weighted by Gasteiger charge is -2.29. The smallest absolute Gasteiger partial charge is 0.417 e. The van der Waals surface area contributed by atoms with Gasteiger partial charge in [-0.25, -0.2) is 4.79 Å². The van der Waals surface area contributed by atoms with Gasteiger partial charge in [0.1, 0.15) is 0 Å². The average Bonchev–Trinajstić information content (AvgIpc) is 2.37. The first-order valence-corrected chi connectivity index (χ1v) is 6.54. The Bertz CT molecular complexity index is 601. The number of aromatic carboxylic acids is 1. The quantitative estimate of drug-likeness (QED) is 0.906. The van der Waals surface area contributed by atoms with E-state index < -0.39 is 34.2 Å². The third-order valence-electron chi connectivity index (χ3n) is 3.25. The number of carboxylic acid groups (broad SMARTS) is 1. The van der Waals surface area contributed by atoms with Gasteiger partial charge in [0.15, 0.2) is 0 Å². The van der Waals surface area contributed by atoms with Crippen LogP contribution in [-0.2, 0) is 11.0 Å². The molecule has 1 heterocycles. The number of nitrogens with zero attached hydrogens (tertiary/aromatic N) is 1. The van der Waals surface area contributed by atoms with Crippen LogP contribution >= 0.6 is 11.6 Å². The molecule has 114 valence electrons. The van der Waals surface area contributed by atoms with E-state index in [-0.39, 0.29) is 18.7 Å². The Hall–Kier alpha value is -1.76. The van der Waals surface area contributed by atoms with E-state index in [1.165, 1.54) is 0 Å². The fraction of sp³-hybridized carbons (Fsp3) is 0.385. The molecule has 0 spiro atoms. The topological polar surface area (TPSA) is 57.6 Å². The number of hydrogen-bond donors (Lipinski definition) is 1. The van der Waals surface area contributed by atoms with Crippen LogP contribution in [0.15, 0.2) is 12.1 Å². The molecule has 21 heavy (non-hydrogen) atoms. The number of anilines is 1. The first-order chi connectivity index (χ1) is 9.73. The highest BCUT2D eigenvalue weighted by atomic mass is 35.5. The van der Waals surface area contributed by atoms with Crippen LogP contribution in [0.4, 0.5) is 18.9 Å². The van der Waals surface area contributed by atoms with Crippen LogP contribution in [0.2, 0.25) is 5.02 Å². The van der Waals surface area contributed by atoms with Crippen molar-refractivity contribution in [3.63, 3.8) is 0 Å². The summed E-state index contributed by atoms with van der Waals surface area (Å²) in [5, 5.41) is 8.37. The van der Waals surface area contributed by atoms with Crippen LogP contribution in [0.25, 0.3) is 0 Å². The number of rotatable bonds is 2. The van der Waals surface area contributed by atoms with Crippen molar-refractivity contribution in [2.24, 2.45) is 0 Å². The molecular weight excluding hydrogens is 311 g/mol. The van der Waals surface area contributed by atoms with Gasteiger partial charge in [0.05, 0.1) is 21.8 Å². The van der Waals surface area contributed by atoms with Crippen LogP contribution in [0, 0.1) is 0 Å². The molecular formula is C13H11ClF3NO3. The Kier molecular flexibility index (Phi) is 4.13. The molecule has 1 aliphatic rings. The molecule has 1 N–H and O–H groups in total. The second kappa shape index (κ2) is 5.55. The Morgan fingerprint density at radius 3 is 2.48 bits per heavy atom. The summed E-state index contributed by atoms with van der Waals surface area (Å²) in [6, 6.07) is 1.44. The zero-order valence-corrected chi connectivity index (χ0v) is 11.5. The fourth-order valence-corrected chi connectivity index (χ4v) is 2.64. The second-order valence-electron chi connectivity index (χ2n) is 4.63. The number of benzene rings is 1. The molecule has 0 radical (unpaired) electrons. The van der Waals surface area contributed by atoms with Gasteiger partial charge in [-0.3, -0.25) is 4.79 Å². The normalized spacial score (nSPS) is 16.2. The summed E-state index contributed by atoms with van der Waals surface area (Å²) in [5.41, 5.74) is -1.94. The van der Waals surface area contributed by atoms with Crippen LogP contribution < -0.4 is 4.90 Å². The molecule has 0 aliphatic carbocycles. The maximum atomic E-state index is 12.9. The van der Waals surface area contributed by atoms with Gasteiger partial charge in [0, 0.05) is 13.0 Å². The lowest BCUT2D eigenvalue weighted by atomic mass is 10.0.